The van der Waals surface area contributed by atoms with E-state index in [1.54, 1.807) is 7.11 Å². The summed E-state index contributed by atoms with van der Waals surface area (Å²) < 4.78 is 7.19. The van der Waals surface area contributed by atoms with Crippen molar-refractivity contribution in [1.82, 2.24) is 9.55 Å². The van der Waals surface area contributed by atoms with Gasteiger partial charge >= 0.3 is 0 Å². The Morgan fingerprint density at radius 1 is 1.67 bits per heavy atom. The molecular formula is C10H16ClN3O. The highest BCUT2D eigenvalue weighted by molar-refractivity contribution is 6.30. The van der Waals surface area contributed by atoms with E-state index < -0.39 is 0 Å². The summed E-state index contributed by atoms with van der Waals surface area (Å²) in [6.07, 6.45) is 2.72. The number of rotatable bonds is 3. The standard InChI is InChI=1S/C10H16ClN3O/c1-15-5-4-9-13-10(11)8-3-2-7(12)6-14(8)9/h7H,2-6,12H2,1H3. The molecule has 2 rings (SSSR count). The Labute approximate surface area is 94.4 Å². The number of halogens is 1. The van der Waals surface area contributed by atoms with E-state index in [1.165, 1.54) is 0 Å². The van der Waals surface area contributed by atoms with E-state index in [1.807, 2.05) is 0 Å². The van der Waals surface area contributed by atoms with Crippen LogP contribution in [0.15, 0.2) is 0 Å². The molecule has 15 heavy (non-hydrogen) atoms. The molecule has 0 saturated heterocycles. The molecule has 1 aliphatic heterocycles. The molecule has 84 valence electrons. The Morgan fingerprint density at radius 3 is 3.20 bits per heavy atom. The van der Waals surface area contributed by atoms with Gasteiger partial charge in [0, 0.05) is 26.1 Å². The lowest BCUT2D eigenvalue weighted by Gasteiger charge is -2.22. The minimum absolute atomic E-state index is 0.226. The molecule has 0 saturated carbocycles. The van der Waals surface area contributed by atoms with E-state index in [0.717, 1.165) is 37.3 Å². The van der Waals surface area contributed by atoms with Crippen molar-refractivity contribution in [2.45, 2.75) is 31.8 Å². The average Bonchev–Trinajstić information content (AvgIpc) is 2.52. The minimum Gasteiger partial charge on any atom is -0.384 e. The molecule has 4 nitrogen and oxygen atoms in total. The number of ether oxygens (including phenoxy) is 1. The van der Waals surface area contributed by atoms with Crippen molar-refractivity contribution in [1.29, 1.82) is 0 Å². The molecule has 1 aromatic rings. The molecule has 0 spiro atoms. The highest BCUT2D eigenvalue weighted by Gasteiger charge is 2.22. The molecule has 2 N–H and O–H groups in total. The van der Waals surface area contributed by atoms with Gasteiger partial charge in [0.1, 0.15) is 5.82 Å². The van der Waals surface area contributed by atoms with Crippen LogP contribution in [0.3, 0.4) is 0 Å². The number of hydrogen-bond acceptors (Lipinski definition) is 3. The van der Waals surface area contributed by atoms with Crippen LogP contribution in [0.1, 0.15) is 17.9 Å². The zero-order chi connectivity index (χ0) is 10.8. The number of methoxy groups -OCH3 is 1. The van der Waals surface area contributed by atoms with Crippen molar-refractivity contribution >= 4 is 11.6 Å². The van der Waals surface area contributed by atoms with Crippen molar-refractivity contribution in [3.8, 4) is 0 Å². The van der Waals surface area contributed by atoms with Crippen LogP contribution < -0.4 is 5.73 Å². The zero-order valence-electron chi connectivity index (χ0n) is 8.87. The third kappa shape index (κ3) is 2.17. The van der Waals surface area contributed by atoms with Gasteiger partial charge in [0.25, 0.3) is 0 Å². The summed E-state index contributed by atoms with van der Waals surface area (Å²) in [6, 6.07) is 0.226. The summed E-state index contributed by atoms with van der Waals surface area (Å²) in [5, 5.41) is 0.632. The van der Waals surface area contributed by atoms with Gasteiger partial charge in [0.15, 0.2) is 5.15 Å². The van der Waals surface area contributed by atoms with Gasteiger partial charge in [-0.1, -0.05) is 11.6 Å². The number of hydrogen-bond donors (Lipinski definition) is 1. The van der Waals surface area contributed by atoms with Crippen LogP contribution in [-0.4, -0.2) is 29.3 Å². The number of imidazole rings is 1. The fourth-order valence-electron chi connectivity index (χ4n) is 1.99. The molecule has 0 aromatic carbocycles. The summed E-state index contributed by atoms with van der Waals surface area (Å²) in [5.74, 6) is 0.993. The van der Waals surface area contributed by atoms with Crippen LogP contribution in [0.2, 0.25) is 5.15 Å². The van der Waals surface area contributed by atoms with Crippen molar-refractivity contribution in [2.24, 2.45) is 5.73 Å². The van der Waals surface area contributed by atoms with Gasteiger partial charge in [-0.2, -0.15) is 0 Å². The van der Waals surface area contributed by atoms with Crippen molar-refractivity contribution in [3.05, 3.63) is 16.7 Å². The summed E-state index contributed by atoms with van der Waals surface area (Å²) in [4.78, 5) is 4.36. The maximum absolute atomic E-state index is 6.08. The lowest BCUT2D eigenvalue weighted by molar-refractivity contribution is 0.199. The maximum atomic E-state index is 6.08. The first-order valence-electron chi connectivity index (χ1n) is 5.20. The van der Waals surface area contributed by atoms with Crippen molar-refractivity contribution in [3.63, 3.8) is 0 Å². The molecular weight excluding hydrogens is 214 g/mol. The van der Waals surface area contributed by atoms with Gasteiger partial charge in [0.05, 0.1) is 12.3 Å². The third-order valence-corrected chi connectivity index (χ3v) is 3.10. The largest absolute Gasteiger partial charge is 0.384 e. The molecule has 0 fully saturated rings. The van der Waals surface area contributed by atoms with E-state index in [4.69, 9.17) is 22.1 Å². The second kappa shape index (κ2) is 4.51. The number of nitrogens with two attached hydrogens (primary N) is 1. The fraction of sp³-hybridized carbons (Fsp3) is 0.700. The summed E-state index contributed by atoms with van der Waals surface area (Å²) in [5.41, 5.74) is 7.06. The molecule has 1 unspecified atom stereocenters. The Morgan fingerprint density at radius 2 is 2.47 bits per heavy atom. The van der Waals surface area contributed by atoms with Gasteiger partial charge in [0.2, 0.25) is 0 Å². The Hall–Kier alpha value is -0.580. The highest BCUT2D eigenvalue weighted by atomic mass is 35.5. The summed E-state index contributed by atoms with van der Waals surface area (Å²) >= 11 is 6.08. The fourth-order valence-corrected chi connectivity index (χ4v) is 2.29. The summed E-state index contributed by atoms with van der Waals surface area (Å²) in [6.45, 7) is 1.50. The molecule has 5 heteroatoms. The van der Waals surface area contributed by atoms with E-state index in [-0.39, 0.29) is 6.04 Å². The van der Waals surface area contributed by atoms with Crippen LogP contribution in [0.4, 0.5) is 0 Å². The number of nitrogens with zero attached hydrogens (tertiary/aromatic N) is 2. The number of fused-ring (bicyclic) bond motifs is 1. The van der Waals surface area contributed by atoms with Crippen LogP contribution in [0.25, 0.3) is 0 Å². The topological polar surface area (TPSA) is 53.1 Å². The first-order chi connectivity index (χ1) is 7.22. The predicted octanol–water partition coefficient (Wildman–Crippen LogP) is 0.999. The Kier molecular flexibility index (Phi) is 3.29. The first-order valence-corrected chi connectivity index (χ1v) is 5.58. The second-order valence-corrected chi connectivity index (χ2v) is 4.28. The van der Waals surface area contributed by atoms with E-state index >= 15 is 0 Å². The zero-order valence-corrected chi connectivity index (χ0v) is 9.63. The van der Waals surface area contributed by atoms with Gasteiger partial charge in [-0.15, -0.1) is 0 Å². The molecule has 1 aliphatic rings. The van der Waals surface area contributed by atoms with Crippen LogP contribution in [0, 0.1) is 0 Å². The molecule has 2 heterocycles. The molecule has 0 amide bonds. The van der Waals surface area contributed by atoms with Crippen molar-refractivity contribution in [2.75, 3.05) is 13.7 Å². The molecule has 1 atom stereocenters. The van der Waals surface area contributed by atoms with Crippen LogP contribution in [0.5, 0.6) is 0 Å². The second-order valence-electron chi connectivity index (χ2n) is 3.92. The molecule has 1 aromatic heterocycles. The van der Waals surface area contributed by atoms with E-state index in [9.17, 15) is 0 Å². The van der Waals surface area contributed by atoms with E-state index in [2.05, 4.69) is 9.55 Å². The third-order valence-electron chi connectivity index (χ3n) is 2.80. The van der Waals surface area contributed by atoms with Crippen molar-refractivity contribution < 1.29 is 4.74 Å². The van der Waals surface area contributed by atoms with Gasteiger partial charge < -0.3 is 15.0 Å². The van der Waals surface area contributed by atoms with Crippen LogP contribution in [-0.2, 0) is 24.1 Å². The average molecular weight is 230 g/mol. The number of aromatic nitrogens is 2. The quantitative estimate of drug-likeness (QED) is 0.842. The van der Waals surface area contributed by atoms with Gasteiger partial charge in [-0.05, 0) is 12.8 Å². The lowest BCUT2D eigenvalue weighted by atomic mass is 10.1. The molecule has 0 radical (unpaired) electrons. The first kappa shape index (κ1) is 10.9. The SMILES string of the molecule is COCCc1nc(Cl)c2n1CC(N)CC2. The molecule has 0 bridgehead atoms. The van der Waals surface area contributed by atoms with E-state index in [0.29, 0.717) is 11.8 Å². The minimum atomic E-state index is 0.226. The monoisotopic (exact) mass is 229 g/mol. The van der Waals surface area contributed by atoms with Crippen LogP contribution >= 0.6 is 11.6 Å². The Balaban J connectivity index is 2.24. The van der Waals surface area contributed by atoms with Gasteiger partial charge in [-0.3, -0.25) is 0 Å². The smallest absolute Gasteiger partial charge is 0.150 e. The Bertz CT molecular complexity index is 351. The maximum Gasteiger partial charge on any atom is 0.150 e. The lowest BCUT2D eigenvalue weighted by Crippen LogP contribution is -2.32. The normalized spacial score (nSPS) is 20.3. The molecule has 0 aliphatic carbocycles. The highest BCUT2D eigenvalue weighted by Crippen LogP contribution is 2.24. The van der Waals surface area contributed by atoms with Gasteiger partial charge in [-0.25, -0.2) is 4.98 Å². The predicted molar refractivity (Wildman–Crippen MR) is 59.1 cm³/mol. The summed E-state index contributed by atoms with van der Waals surface area (Å²) in [7, 11) is 1.69.